The van der Waals surface area contributed by atoms with Gasteiger partial charge in [0.25, 0.3) is 5.91 Å². The normalized spacial score (nSPS) is 20.2. The first kappa shape index (κ1) is 15.8. The molecule has 0 spiro atoms. The molecule has 0 bridgehead atoms. The van der Waals surface area contributed by atoms with Gasteiger partial charge in [0.15, 0.2) is 6.61 Å². The van der Waals surface area contributed by atoms with Crippen LogP contribution >= 0.6 is 0 Å². The second-order valence-electron chi connectivity index (χ2n) is 6.16. The van der Waals surface area contributed by atoms with Gasteiger partial charge in [0, 0.05) is 19.1 Å². The van der Waals surface area contributed by atoms with Crippen LogP contribution in [0.5, 0.6) is 5.75 Å². The maximum absolute atomic E-state index is 12.3. The van der Waals surface area contributed by atoms with Crippen LogP contribution in [-0.2, 0) is 4.79 Å². The Morgan fingerprint density at radius 1 is 1.48 bits per heavy atom. The predicted octanol–water partition coefficient (Wildman–Crippen LogP) is 2.27. The zero-order valence-corrected chi connectivity index (χ0v) is 13.3. The summed E-state index contributed by atoms with van der Waals surface area (Å²) in [5.74, 6) is 1.25. The molecular formula is C17H26N2O2. The van der Waals surface area contributed by atoms with E-state index < -0.39 is 0 Å². The summed E-state index contributed by atoms with van der Waals surface area (Å²) in [5, 5.41) is 0. The fourth-order valence-corrected chi connectivity index (χ4v) is 2.86. The third-order valence-corrected chi connectivity index (χ3v) is 4.24. The SMILES string of the molecule is Cc1ccc(OCC(=O)N2CCCC(C(C)N)C2)c(C)c1. The quantitative estimate of drug-likeness (QED) is 0.925. The standard InChI is InChI=1S/C17H26N2O2/c1-12-6-7-16(13(2)9-12)21-11-17(20)19-8-4-5-15(10-19)14(3)18/h6-7,9,14-15H,4-5,8,10-11,18H2,1-3H3. The molecule has 0 aromatic heterocycles. The van der Waals surface area contributed by atoms with Crippen molar-refractivity contribution < 1.29 is 9.53 Å². The maximum atomic E-state index is 12.3. The van der Waals surface area contributed by atoms with Gasteiger partial charge < -0.3 is 15.4 Å². The summed E-state index contributed by atoms with van der Waals surface area (Å²) in [6.07, 6.45) is 2.14. The van der Waals surface area contributed by atoms with E-state index in [-0.39, 0.29) is 18.6 Å². The summed E-state index contributed by atoms with van der Waals surface area (Å²) < 4.78 is 5.68. The van der Waals surface area contributed by atoms with Gasteiger partial charge >= 0.3 is 0 Å². The summed E-state index contributed by atoms with van der Waals surface area (Å²) >= 11 is 0. The lowest BCUT2D eigenvalue weighted by atomic mass is 9.92. The number of carbonyl (C=O) groups is 1. The Hall–Kier alpha value is -1.55. The summed E-state index contributed by atoms with van der Waals surface area (Å²) in [4.78, 5) is 14.2. The minimum absolute atomic E-state index is 0.0559. The summed E-state index contributed by atoms with van der Waals surface area (Å²) in [6, 6.07) is 6.13. The highest BCUT2D eigenvalue weighted by Gasteiger charge is 2.25. The number of amides is 1. The Morgan fingerprint density at radius 2 is 2.24 bits per heavy atom. The van der Waals surface area contributed by atoms with Gasteiger partial charge in [-0.1, -0.05) is 17.7 Å². The molecule has 1 aromatic carbocycles. The van der Waals surface area contributed by atoms with Gasteiger partial charge in [-0.25, -0.2) is 0 Å². The average molecular weight is 290 g/mol. The Morgan fingerprint density at radius 3 is 2.90 bits per heavy atom. The number of aryl methyl sites for hydroxylation is 2. The predicted molar refractivity (Wildman–Crippen MR) is 84.4 cm³/mol. The van der Waals surface area contributed by atoms with E-state index >= 15 is 0 Å². The molecule has 4 nitrogen and oxygen atoms in total. The van der Waals surface area contributed by atoms with Gasteiger partial charge in [0.05, 0.1) is 0 Å². The molecule has 21 heavy (non-hydrogen) atoms. The first-order valence-electron chi connectivity index (χ1n) is 7.71. The summed E-state index contributed by atoms with van der Waals surface area (Å²) in [6.45, 7) is 7.75. The van der Waals surface area contributed by atoms with Crippen LogP contribution in [-0.4, -0.2) is 36.5 Å². The van der Waals surface area contributed by atoms with Crippen molar-refractivity contribution in [3.63, 3.8) is 0 Å². The molecule has 2 rings (SSSR count). The smallest absolute Gasteiger partial charge is 0.260 e. The fraction of sp³-hybridized carbons (Fsp3) is 0.588. The maximum Gasteiger partial charge on any atom is 0.260 e. The highest BCUT2D eigenvalue weighted by atomic mass is 16.5. The van der Waals surface area contributed by atoms with Crippen LogP contribution in [0.3, 0.4) is 0 Å². The van der Waals surface area contributed by atoms with Gasteiger partial charge in [-0.3, -0.25) is 4.79 Å². The first-order chi connectivity index (χ1) is 9.97. The molecule has 1 fully saturated rings. The number of nitrogens with two attached hydrogens (primary N) is 1. The number of likely N-dealkylation sites (tertiary alicyclic amines) is 1. The van der Waals surface area contributed by atoms with Crippen molar-refractivity contribution in [2.75, 3.05) is 19.7 Å². The molecule has 1 aliphatic rings. The number of hydrogen-bond acceptors (Lipinski definition) is 3. The highest BCUT2D eigenvalue weighted by molar-refractivity contribution is 5.78. The molecule has 2 atom stereocenters. The van der Waals surface area contributed by atoms with Crippen LogP contribution in [0, 0.1) is 19.8 Å². The van der Waals surface area contributed by atoms with Crippen LogP contribution in [0.4, 0.5) is 0 Å². The van der Waals surface area contributed by atoms with Crippen molar-refractivity contribution >= 4 is 5.91 Å². The van der Waals surface area contributed by atoms with Crippen LogP contribution in [0.2, 0.25) is 0 Å². The molecule has 1 aromatic rings. The Bertz CT molecular complexity index is 500. The van der Waals surface area contributed by atoms with Crippen LogP contribution < -0.4 is 10.5 Å². The minimum Gasteiger partial charge on any atom is -0.484 e. The second-order valence-corrected chi connectivity index (χ2v) is 6.16. The minimum atomic E-state index is 0.0559. The van der Waals surface area contributed by atoms with E-state index in [1.54, 1.807) is 0 Å². The zero-order valence-electron chi connectivity index (χ0n) is 13.3. The van der Waals surface area contributed by atoms with E-state index in [1.807, 2.05) is 37.8 Å². The lowest BCUT2D eigenvalue weighted by molar-refractivity contribution is -0.135. The molecule has 1 saturated heterocycles. The zero-order chi connectivity index (χ0) is 15.4. The largest absolute Gasteiger partial charge is 0.484 e. The van der Waals surface area contributed by atoms with Crippen molar-refractivity contribution in [2.45, 2.75) is 39.7 Å². The molecule has 2 N–H and O–H groups in total. The van der Waals surface area contributed by atoms with Crippen molar-refractivity contribution in [1.82, 2.24) is 4.90 Å². The summed E-state index contributed by atoms with van der Waals surface area (Å²) in [7, 11) is 0. The van der Waals surface area contributed by atoms with E-state index in [1.165, 1.54) is 5.56 Å². The Kier molecular flexibility index (Phi) is 5.23. The van der Waals surface area contributed by atoms with Gasteiger partial charge in [-0.05, 0) is 51.2 Å². The lowest BCUT2D eigenvalue weighted by Gasteiger charge is -2.34. The van der Waals surface area contributed by atoms with Crippen molar-refractivity contribution in [3.8, 4) is 5.75 Å². The van der Waals surface area contributed by atoms with E-state index in [4.69, 9.17) is 10.5 Å². The second kappa shape index (κ2) is 6.94. The van der Waals surface area contributed by atoms with Crippen LogP contribution in [0.15, 0.2) is 18.2 Å². The third-order valence-electron chi connectivity index (χ3n) is 4.24. The van der Waals surface area contributed by atoms with Crippen molar-refractivity contribution in [3.05, 3.63) is 29.3 Å². The number of carbonyl (C=O) groups excluding carboxylic acids is 1. The van der Waals surface area contributed by atoms with Crippen molar-refractivity contribution in [1.29, 1.82) is 0 Å². The van der Waals surface area contributed by atoms with Crippen LogP contribution in [0.25, 0.3) is 0 Å². The molecule has 1 heterocycles. The molecule has 2 unspecified atom stereocenters. The monoisotopic (exact) mass is 290 g/mol. The molecule has 0 saturated carbocycles. The molecule has 0 radical (unpaired) electrons. The van der Waals surface area contributed by atoms with Crippen molar-refractivity contribution in [2.24, 2.45) is 11.7 Å². The first-order valence-corrected chi connectivity index (χ1v) is 7.71. The molecule has 116 valence electrons. The number of ether oxygens (including phenoxy) is 1. The molecule has 1 aliphatic heterocycles. The Balaban J connectivity index is 1.89. The molecule has 1 amide bonds. The molecule has 0 aliphatic carbocycles. The van der Waals surface area contributed by atoms with E-state index in [9.17, 15) is 4.79 Å². The topological polar surface area (TPSA) is 55.6 Å². The van der Waals surface area contributed by atoms with Gasteiger partial charge in [0.2, 0.25) is 0 Å². The molecular weight excluding hydrogens is 264 g/mol. The fourth-order valence-electron chi connectivity index (χ4n) is 2.86. The molecule has 4 heteroatoms. The summed E-state index contributed by atoms with van der Waals surface area (Å²) in [5.41, 5.74) is 8.22. The van der Waals surface area contributed by atoms with Gasteiger partial charge in [0.1, 0.15) is 5.75 Å². The number of nitrogens with zero attached hydrogens (tertiary/aromatic N) is 1. The van der Waals surface area contributed by atoms with Crippen LogP contribution in [0.1, 0.15) is 30.9 Å². The van der Waals surface area contributed by atoms with E-state index in [2.05, 4.69) is 6.07 Å². The third kappa shape index (κ3) is 4.21. The van der Waals surface area contributed by atoms with E-state index in [0.29, 0.717) is 5.92 Å². The van der Waals surface area contributed by atoms with Gasteiger partial charge in [-0.15, -0.1) is 0 Å². The number of benzene rings is 1. The highest BCUT2D eigenvalue weighted by Crippen LogP contribution is 2.21. The van der Waals surface area contributed by atoms with Gasteiger partial charge in [-0.2, -0.15) is 0 Å². The average Bonchev–Trinajstić information content (AvgIpc) is 2.46. The Labute approximate surface area is 127 Å². The number of piperidine rings is 1. The van der Waals surface area contributed by atoms with E-state index in [0.717, 1.165) is 37.2 Å². The lowest BCUT2D eigenvalue weighted by Crippen LogP contribution is -2.46. The number of hydrogen-bond donors (Lipinski definition) is 1. The number of rotatable bonds is 4.